The predicted octanol–water partition coefficient (Wildman–Crippen LogP) is 5.89. The maximum atomic E-state index is 11.5. The molecule has 0 radical (unpaired) electrons. The molecule has 0 aliphatic rings. The lowest BCUT2D eigenvalue weighted by Crippen LogP contribution is -2.21. The Kier molecular flexibility index (Phi) is 16.0. The molecule has 2 atom stereocenters. The minimum atomic E-state index is -3.97. The van der Waals surface area contributed by atoms with Crippen LogP contribution in [0.4, 0.5) is 0 Å². The molecule has 0 saturated heterocycles. The van der Waals surface area contributed by atoms with Crippen molar-refractivity contribution >= 4 is 10.1 Å². The average molecular weight is 379 g/mol. The Labute approximate surface area is 156 Å². The molecule has 0 rings (SSSR count). The van der Waals surface area contributed by atoms with Crippen molar-refractivity contribution in [3.05, 3.63) is 0 Å². The normalized spacial score (nSPS) is 14.6. The lowest BCUT2D eigenvalue weighted by molar-refractivity contribution is 0.147. The Balaban J connectivity index is 3.89. The molecule has 152 valence electrons. The molecule has 0 aliphatic carbocycles. The minimum absolute atomic E-state index is 0.336. The highest BCUT2D eigenvalue weighted by molar-refractivity contribution is 7.86. The smallest absolute Gasteiger partial charge is 0.267 e. The Morgan fingerprint density at radius 2 is 1.04 bits per heavy atom. The van der Waals surface area contributed by atoms with Crippen LogP contribution in [0, 0.1) is 0 Å². The molecule has 0 heterocycles. The molecule has 0 saturated carbocycles. The van der Waals surface area contributed by atoms with Crippen molar-refractivity contribution < 1.29 is 18.1 Å². The van der Waals surface area contributed by atoms with E-state index in [1.54, 1.807) is 0 Å². The summed E-state index contributed by atoms with van der Waals surface area (Å²) in [6.45, 7) is 4.36. The van der Waals surface area contributed by atoms with Crippen molar-refractivity contribution in [1.29, 1.82) is 0 Å². The Bertz CT molecular complexity index is 381. The Hall–Kier alpha value is -0.130. The first-order chi connectivity index (χ1) is 11.9. The van der Waals surface area contributed by atoms with Crippen LogP contribution in [0.3, 0.4) is 0 Å². The quantitative estimate of drug-likeness (QED) is 0.230. The third-order valence-electron chi connectivity index (χ3n) is 5.01. The van der Waals surface area contributed by atoms with E-state index in [1.807, 2.05) is 0 Å². The van der Waals surface area contributed by atoms with E-state index in [1.165, 1.54) is 38.5 Å². The van der Waals surface area contributed by atoms with Gasteiger partial charge in [0.25, 0.3) is 10.1 Å². The number of hydrogen-bond acceptors (Lipinski definition) is 3. The maximum Gasteiger partial charge on any atom is 0.267 e. The summed E-state index contributed by atoms with van der Waals surface area (Å²) < 4.78 is 32.5. The molecule has 5 heteroatoms. The van der Waals surface area contributed by atoms with Gasteiger partial charge in [0.05, 0.1) is 11.4 Å². The molecule has 25 heavy (non-hydrogen) atoms. The van der Waals surface area contributed by atoms with Gasteiger partial charge in [0.15, 0.2) is 0 Å². The molecule has 0 aromatic rings. The largest absolute Gasteiger partial charge is 0.393 e. The molecular formula is C20H42O4S. The molecule has 0 spiro atoms. The highest BCUT2D eigenvalue weighted by Gasteiger charge is 2.22. The fourth-order valence-electron chi connectivity index (χ4n) is 3.30. The molecule has 0 fully saturated rings. The van der Waals surface area contributed by atoms with Crippen LogP contribution in [-0.2, 0) is 10.1 Å². The van der Waals surface area contributed by atoms with Gasteiger partial charge in [-0.2, -0.15) is 8.42 Å². The number of aliphatic hydroxyl groups excluding tert-OH is 1. The molecular weight excluding hydrogens is 336 g/mol. The zero-order valence-electron chi connectivity index (χ0n) is 16.6. The van der Waals surface area contributed by atoms with Gasteiger partial charge in [-0.3, -0.25) is 4.55 Å². The van der Waals surface area contributed by atoms with E-state index >= 15 is 0 Å². The van der Waals surface area contributed by atoms with E-state index in [-0.39, 0.29) is 6.10 Å². The van der Waals surface area contributed by atoms with Gasteiger partial charge in [-0.1, -0.05) is 84.5 Å². The molecule has 0 aromatic heterocycles. The van der Waals surface area contributed by atoms with Gasteiger partial charge < -0.3 is 5.11 Å². The summed E-state index contributed by atoms with van der Waals surface area (Å²) in [4.78, 5) is 0. The summed E-state index contributed by atoms with van der Waals surface area (Å²) in [5.41, 5.74) is 0. The van der Waals surface area contributed by atoms with Crippen molar-refractivity contribution in [2.45, 2.75) is 128 Å². The lowest BCUT2D eigenvalue weighted by Gasteiger charge is -2.15. The Morgan fingerprint density at radius 1 is 0.640 bits per heavy atom. The molecule has 4 nitrogen and oxygen atoms in total. The first-order valence-corrected chi connectivity index (χ1v) is 12.1. The monoisotopic (exact) mass is 378 g/mol. The average Bonchev–Trinajstić information content (AvgIpc) is 2.55. The highest BCUT2D eigenvalue weighted by atomic mass is 32.2. The Morgan fingerprint density at radius 3 is 1.60 bits per heavy atom. The maximum absolute atomic E-state index is 11.5. The van der Waals surface area contributed by atoms with E-state index < -0.39 is 15.4 Å². The van der Waals surface area contributed by atoms with Crippen molar-refractivity contribution in [3.63, 3.8) is 0 Å². The minimum Gasteiger partial charge on any atom is -0.393 e. The van der Waals surface area contributed by atoms with Gasteiger partial charge in [0, 0.05) is 0 Å². The zero-order chi connectivity index (χ0) is 19.0. The molecule has 0 aromatic carbocycles. The molecule has 2 N–H and O–H groups in total. The zero-order valence-corrected chi connectivity index (χ0v) is 17.4. The summed E-state index contributed by atoms with van der Waals surface area (Å²) in [5, 5.41) is 9.31. The van der Waals surface area contributed by atoms with Crippen LogP contribution in [-0.4, -0.2) is 29.4 Å². The summed E-state index contributed by atoms with van der Waals surface area (Å²) >= 11 is 0. The summed E-state index contributed by atoms with van der Waals surface area (Å²) in [6, 6.07) is 0. The van der Waals surface area contributed by atoms with Crippen LogP contribution in [0.5, 0.6) is 0 Å². The summed E-state index contributed by atoms with van der Waals surface area (Å²) in [5.74, 6) is 0. The second-order valence-electron chi connectivity index (χ2n) is 7.48. The third kappa shape index (κ3) is 15.8. The third-order valence-corrected chi connectivity index (χ3v) is 6.32. The number of hydrogen-bond donors (Lipinski definition) is 2. The summed E-state index contributed by atoms with van der Waals surface area (Å²) in [6.07, 6.45) is 15.4. The lowest BCUT2D eigenvalue weighted by atomic mass is 10.0. The van der Waals surface area contributed by atoms with Crippen LogP contribution in [0.15, 0.2) is 0 Å². The predicted molar refractivity (Wildman–Crippen MR) is 107 cm³/mol. The first kappa shape index (κ1) is 24.9. The second kappa shape index (κ2) is 16.1. The number of unbranched alkanes of at least 4 members (excludes halogenated alkanes) is 9. The highest BCUT2D eigenvalue weighted by Crippen LogP contribution is 2.19. The second-order valence-corrected chi connectivity index (χ2v) is 9.18. The van der Waals surface area contributed by atoms with E-state index in [0.29, 0.717) is 25.7 Å². The molecule has 0 bridgehead atoms. The van der Waals surface area contributed by atoms with Crippen LogP contribution in [0.25, 0.3) is 0 Å². The van der Waals surface area contributed by atoms with Crippen LogP contribution < -0.4 is 0 Å². The number of rotatable bonds is 18. The van der Waals surface area contributed by atoms with Crippen LogP contribution in [0.2, 0.25) is 0 Å². The van der Waals surface area contributed by atoms with Gasteiger partial charge in [0.2, 0.25) is 0 Å². The van der Waals surface area contributed by atoms with Crippen molar-refractivity contribution in [1.82, 2.24) is 0 Å². The van der Waals surface area contributed by atoms with Gasteiger partial charge in [0.1, 0.15) is 0 Å². The standard InChI is InChI=1S/C20H42O4S/c1-3-5-7-9-10-11-13-17-20(25(22,23)24)18-14-16-19(21)15-12-8-6-4-2/h19-21H,3-18H2,1-2H3,(H,22,23,24). The van der Waals surface area contributed by atoms with Gasteiger partial charge in [-0.05, 0) is 32.1 Å². The summed E-state index contributed by atoms with van der Waals surface area (Å²) in [7, 11) is -3.97. The van der Waals surface area contributed by atoms with Crippen molar-refractivity contribution in [2.24, 2.45) is 0 Å². The van der Waals surface area contributed by atoms with Gasteiger partial charge in [-0.25, -0.2) is 0 Å². The number of aliphatic hydroxyl groups is 1. The fraction of sp³-hybridized carbons (Fsp3) is 1.00. The van der Waals surface area contributed by atoms with Crippen LogP contribution in [0.1, 0.15) is 117 Å². The van der Waals surface area contributed by atoms with Crippen molar-refractivity contribution in [3.8, 4) is 0 Å². The van der Waals surface area contributed by atoms with E-state index in [2.05, 4.69) is 13.8 Å². The van der Waals surface area contributed by atoms with E-state index in [9.17, 15) is 18.1 Å². The van der Waals surface area contributed by atoms with Crippen LogP contribution >= 0.6 is 0 Å². The topological polar surface area (TPSA) is 74.6 Å². The first-order valence-electron chi connectivity index (χ1n) is 10.6. The van der Waals surface area contributed by atoms with E-state index in [0.717, 1.165) is 38.5 Å². The molecule has 0 amide bonds. The molecule has 0 aliphatic heterocycles. The molecule has 2 unspecified atom stereocenters. The van der Waals surface area contributed by atoms with Gasteiger partial charge in [-0.15, -0.1) is 0 Å². The van der Waals surface area contributed by atoms with E-state index in [4.69, 9.17) is 0 Å². The fourth-order valence-corrected chi connectivity index (χ4v) is 4.23. The van der Waals surface area contributed by atoms with Gasteiger partial charge >= 0.3 is 0 Å². The van der Waals surface area contributed by atoms with Crippen molar-refractivity contribution in [2.75, 3.05) is 0 Å². The SMILES string of the molecule is CCCCCCCCCC(CCCC(O)CCCCCC)S(=O)(=O)O.